The molecule has 0 aliphatic carbocycles. The summed E-state index contributed by atoms with van der Waals surface area (Å²) in [5.41, 5.74) is 5.77. The van der Waals surface area contributed by atoms with Gasteiger partial charge in [0.1, 0.15) is 0 Å². The minimum Gasteiger partial charge on any atom is -0.343 e. The summed E-state index contributed by atoms with van der Waals surface area (Å²) in [5, 5.41) is 0. The minimum atomic E-state index is 0.107. The Morgan fingerprint density at radius 2 is 2.07 bits per heavy atom. The van der Waals surface area contributed by atoms with Crippen molar-refractivity contribution >= 4 is 5.91 Å². The van der Waals surface area contributed by atoms with E-state index in [1.54, 1.807) is 4.90 Å². The zero-order valence-corrected chi connectivity index (χ0v) is 9.42. The first-order valence-electron chi connectivity index (χ1n) is 5.11. The van der Waals surface area contributed by atoms with Gasteiger partial charge >= 0.3 is 0 Å². The molecule has 1 aliphatic heterocycles. The van der Waals surface area contributed by atoms with Crippen LogP contribution in [0.2, 0.25) is 0 Å². The molecule has 1 heterocycles. The molecular weight excluding hydrogens is 178 g/mol. The van der Waals surface area contributed by atoms with Crippen molar-refractivity contribution in [3.05, 3.63) is 0 Å². The summed E-state index contributed by atoms with van der Waals surface area (Å²) < 4.78 is 0. The van der Waals surface area contributed by atoms with Crippen LogP contribution in [-0.2, 0) is 4.79 Å². The third-order valence-electron chi connectivity index (χ3n) is 2.74. The minimum absolute atomic E-state index is 0.107. The van der Waals surface area contributed by atoms with Gasteiger partial charge in [-0.15, -0.1) is 0 Å². The normalized spacial score (nSPS) is 20.3. The van der Waals surface area contributed by atoms with Gasteiger partial charge in [-0.25, -0.2) is 0 Å². The van der Waals surface area contributed by atoms with Crippen LogP contribution in [0.1, 0.15) is 13.8 Å². The molecule has 82 valence electrons. The average Bonchev–Trinajstić information content (AvgIpc) is 2.11. The van der Waals surface area contributed by atoms with Gasteiger partial charge in [-0.1, -0.05) is 13.8 Å². The SMILES string of the molecule is CN1CCN(CC(C)(C)CN)CC1=O. The lowest BCUT2D eigenvalue weighted by Gasteiger charge is -2.36. The van der Waals surface area contributed by atoms with Crippen LogP contribution in [0.4, 0.5) is 0 Å². The molecule has 0 spiro atoms. The number of carbonyl (C=O) groups is 1. The van der Waals surface area contributed by atoms with Gasteiger partial charge in [0.15, 0.2) is 0 Å². The molecule has 2 N–H and O–H groups in total. The first-order valence-corrected chi connectivity index (χ1v) is 5.11. The number of amides is 1. The second-order valence-electron chi connectivity index (χ2n) is 4.89. The second kappa shape index (κ2) is 4.28. The highest BCUT2D eigenvalue weighted by Gasteiger charge is 2.26. The first kappa shape index (κ1) is 11.5. The van der Waals surface area contributed by atoms with Crippen molar-refractivity contribution in [2.75, 3.05) is 39.8 Å². The van der Waals surface area contributed by atoms with Gasteiger partial charge in [0, 0.05) is 26.7 Å². The lowest BCUT2D eigenvalue weighted by molar-refractivity contribution is -0.134. The Labute approximate surface area is 86.0 Å². The highest BCUT2D eigenvalue weighted by molar-refractivity contribution is 5.78. The topological polar surface area (TPSA) is 49.6 Å². The van der Waals surface area contributed by atoms with E-state index in [1.165, 1.54) is 0 Å². The van der Waals surface area contributed by atoms with E-state index in [0.29, 0.717) is 13.1 Å². The van der Waals surface area contributed by atoms with Crippen molar-refractivity contribution in [3.63, 3.8) is 0 Å². The summed E-state index contributed by atoms with van der Waals surface area (Å²) in [6, 6.07) is 0. The van der Waals surface area contributed by atoms with E-state index in [1.807, 2.05) is 7.05 Å². The number of carbonyl (C=O) groups excluding carboxylic acids is 1. The third kappa shape index (κ3) is 2.96. The van der Waals surface area contributed by atoms with Crippen molar-refractivity contribution in [3.8, 4) is 0 Å². The monoisotopic (exact) mass is 199 g/mol. The number of likely N-dealkylation sites (N-methyl/N-ethyl adjacent to an activating group) is 1. The Kier molecular flexibility index (Phi) is 3.50. The van der Waals surface area contributed by atoms with Crippen LogP contribution in [0.3, 0.4) is 0 Å². The average molecular weight is 199 g/mol. The highest BCUT2D eigenvalue weighted by Crippen LogP contribution is 2.15. The predicted octanol–water partition coefficient (Wildman–Crippen LogP) is -0.255. The van der Waals surface area contributed by atoms with Crippen LogP contribution in [-0.4, -0.2) is 55.5 Å². The third-order valence-corrected chi connectivity index (χ3v) is 2.74. The molecule has 0 bridgehead atoms. The summed E-state index contributed by atoms with van der Waals surface area (Å²) in [5.74, 6) is 0.212. The van der Waals surface area contributed by atoms with E-state index in [9.17, 15) is 4.79 Å². The summed E-state index contributed by atoms with van der Waals surface area (Å²) in [4.78, 5) is 15.4. The van der Waals surface area contributed by atoms with Crippen LogP contribution < -0.4 is 5.73 Å². The Morgan fingerprint density at radius 3 is 2.57 bits per heavy atom. The van der Waals surface area contributed by atoms with Gasteiger partial charge in [-0.2, -0.15) is 0 Å². The van der Waals surface area contributed by atoms with Crippen LogP contribution >= 0.6 is 0 Å². The molecule has 4 heteroatoms. The molecular formula is C10H21N3O. The Hall–Kier alpha value is -0.610. The zero-order chi connectivity index (χ0) is 10.8. The molecule has 0 aromatic rings. The van der Waals surface area contributed by atoms with E-state index in [0.717, 1.165) is 19.6 Å². The number of hydrogen-bond donors (Lipinski definition) is 1. The van der Waals surface area contributed by atoms with E-state index < -0.39 is 0 Å². The summed E-state index contributed by atoms with van der Waals surface area (Å²) >= 11 is 0. The van der Waals surface area contributed by atoms with Crippen molar-refractivity contribution in [2.24, 2.45) is 11.1 Å². The molecule has 0 saturated carbocycles. The fraction of sp³-hybridized carbons (Fsp3) is 0.900. The zero-order valence-electron chi connectivity index (χ0n) is 9.42. The molecule has 0 unspecified atom stereocenters. The summed E-state index contributed by atoms with van der Waals surface area (Å²) in [7, 11) is 1.85. The number of hydrogen-bond acceptors (Lipinski definition) is 3. The first-order chi connectivity index (χ1) is 6.44. The highest BCUT2D eigenvalue weighted by atomic mass is 16.2. The molecule has 0 aromatic carbocycles. The number of rotatable bonds is 3. The molecule has 1 rings (SSSR count). The fourth-order valence-corrected chi connectivity index (χ4v) is 1.61. The molecule has 0 radical (unpaired) electrons. The van der Waals surface area contributed by atoms with E-state index in [-0.39, 0.29) is 11.3 Å². The number of piperazine rings is 1. The maximum atomic E-state index is 11.4. The van der Waals surface area contributed by atoms with Crippen molar-refractivity contribution < 1.29 is 4.79 Å². The van der Waals surface area contributed by atoms with E-state index >= 15 is 0 Å². The molecule has 1 amide bonds. The van der Waals surface area contributed by atoms with Gasteiger partial charge < -0.3 is 10.6 Å². The predicted molar refractivity (Wildman–Crippen MR) is 56.9 cm³/mol. The van der Waals surface area contributed by atoms with Crippen LogP contribution in [0.5, 0.6) is 0 Å². The van der Waals surface area contributed by atoms with E-state index in [4.69, 9.17) is 5.73 Å². The van der Waals surface area contributed by atoms with Crippen molar-refractivity contribution in [2.45, 2.75) is 13.8 Å². The standard InChI is InChI=1S/C10H21N3O/c1-10(2,7-11)8-13-5-4-12(3)9(14)6-13/h4-8,11H2,1-3H3. The van der Waals surface area contributed by atoms with Gasteiger partial charge in [0.2, 0.25) is 5.91 Å². The maximum absolute atomic E-state index is 11.4. The molecule has 0 atom stereocenters. The van der Waals surface area contributed by atoms with Gasteiger partial charge in [-0.3, -0.25) is 9.69 Å². The number of nitrogens with two attached hydrogens (primary N) is 1. The largest absolute Gasteiger partial charge is 0.343 e. The van der Waals surface area contributed by atoms with Crippen LogP contribution in [0.15, 0.2) is 0 Å². The van der Waals surface area contributed by atoms with Crippen LogP contribution in [0.25, 0.3) is 0 Å². The second-order valence-corrected chi connectivity index (χ2v) is 4.89. The van der Waals surface area contributed by atoms with Gasteiger partial charge in [-0.05, 0) is 12.0 Å². The Morgan fingerprint density at radius 1 is 1.43 bits per heavy atom. The molecule has 1 fully saturated rings. The van der Waals surface area contributed by atoms with Gasteiger partial charge in [0.05, 0.1) is 6.54 Å². The van der Waals surface area contributed by atoms with Gasteiger partial charge in [0.25, 0.3) is 0 Å². The van der Waals surface area contributed by atoms with E-state index in [2.05, 4.69) is 18.7 Å². The molecule has 14 heavy (non-hydrogen) atoms. The Bertz CT molecular complexity index is 215. The number of nitrogens with zero attached hydrogens (tertiary/aromatic N) is 2. The lowest BCUT2D eigenvalue weighted by Crippen LogP contribution is -2.51. The molecule has 1 aliphatic rings. The quantitative estimate of drug-likeness (QED) is 0.681. The summed E-state index contributed by atoms with van der Waals surface area (Å²) in [6.07, 6.45) is 0. The van der Waals surface area contributed by atoms with Crippen molar-refractivity contribution in [1.29, 1.82) is 0 Å². The van der Waals surface area contributed by atoms with Crippen molar-refractivity contribution in [1.82, 2.24) is 9.80 Å². The molecule has 0 aromatic heterocycles. The lowest BCUT2D eigenvalue weighted by atomic mass is 9.93. The fourth-order valence-electron chi connectivity index (χ4n) is 1.61. The smallest absolute Gasteiger partial charge is 0.236 e. The Balaban J connectivity index is 2.44. The maximum Gasteiger partial charge on any atom is 0.236 e. The van der Waals surface area contributed by atoms with Crippen LogP contribution in [0, 0.1) is 5.41 Å². The summed E-state index contributed by atoms with van der Waals surface area (Å²) in [6.45, 7) is 8.17. The molecule has 4 nitrogen and oxygen atoms in total. The molecule has 1 saturated heterocycles.